The maximum absolute atomic E-state index is 10.2. The van der Waals surface area contributed by atoms with Crippen molar-refractivity contribution in [3.63, 3.8) is 0 Å². The van der Waals surface area contributed by atoms with Crippen LogP contribution in [0.4, 0.5) is 0 Å². The summed E-state index contributed by atoms with van der Waals surface area (Å²) in [6.45, 7) is 2.63. The molecule has 5 heteroatoms. The van der Waals surface area contributed by atoms with Gasteiger partial charge in [0.15, 0.2) is 0 Å². The summed E-state index contributed by atoms with van der Waals surface area (Å²) in [5, 5.41) is 17.9. The Kier molecular flexibility index (Phi) is 12.1. The van der Waals surface area contributed by atoms with Crippen molar-refractivity contribution in [1.29, 1.82) is 0 Å². The van der Waals surface area contributed by atoms with E-state index in [4.69, 9.17) is 10.2 Å². The smallest absolute Gasteiger partial charge is 0.335 e. The van der Waals surface area contributed by atoms with Crippen LogP contribution in [0.1, 0.15) is 62.2 Å². The van der Waals surface area contributed by atoms with Gasteiger partial charge in [0.1, 0.15) is 0 Å². The van der Waals surface area contributed by atoms with E-state index in [1.165, 1.54) is 44.9 Å². The van der Waals surface area contributed by atoms with Crippen LogP contribution in [-0.4, -0.2) is 38.4 Å². The van der Waals surface area contributed by atoms with Crippen molar-refractivity contribution < 1.29 is 15.0 Å². The Morgan fingerprint density at radius 2 is 1.79 bits per heavy atom. The number of aromatic carboxylic acids is 1. The number of benzene rings is 1. The molecule has 1 aliphatic rings. The van der Waals surface area contributed by atoms with Gasteiger partial charge < -0.3 is 10.2 Å². The molecular weight excluding hydrogens is 340 g/mol. The Bertz CT molecular complexity index is 439. The summed E-state index contributed by atoms with van der Waals surface area (Å²) in [5.74, 6) is 0.275. The molecule has 1 fully saturated rings. The van der Waals surface area contributed by atoms with Crippen LogP contribution >= 0.6 is 23.5 Å². The van der Waals surface area contributed by atoms with Crippen LogP contribution in [-0.2, 0) is 0 Å². The zero-order valence-corrected chi connectivity index (χ0v) is 16.2. The second kappa shape index (κ2) is 13.6. The van der Waals surface area contributed by atoms with E-state index in [1.807, 2.05) is 23.5 Å². The molecule has 0 aromatic heterocycles. The summed E-state index contributed by atoms with van der Waals surface area (Å²) < 4.78 is 0.772. The maximum atomic E-state index is 10.2. The predicted molar refractivity (Wildman–Crippen MR) is 106 cm³/mol. The first-order valence-corrected chi connectivity index (χ1v) is 10.8. The first-order chi connectivity index (χ1) is 11.7. The van der Waals surface area contributed by atoms with Gasteiger partial charge >= 0.3 is 5.97 Å². The lowest BCUT2D eigenvalue weighted by molar-refractivity contribution is 0.0697. The van der Waals surface area contributed by atoms with Crippen LogP contribution in [0.2, 0.25) is 0 Å². The zero-order chi connectivity index (χ0) is 17.6. The van der Waals surface area contributed by atoms with Crippen molar-refractivity contribution >= 4 is 29.5 Å². The zero-order valence-electron chi connectivity index (χ0n) is 14.5. The number of rotatable bonds is 9. The summed E-state index contributed by atoms with van der Waals surface area (Å²) in [6, 6.07) is 8.30. The Labute approximate surface area is 154 Å². The molecule has 1 aromatic rings. The summed E-state index contributed by atoms with van der Waals surface area (Å²) in [7, 11) is 0. The van der Waals surface area contributed by atoms with Gasteiger partial charge in [-0.1, -0.05) is 63.6 Å². The fraction of sp³-hybridized carbons (Fsp3) is 0.632. The average Bonchev–Trinajstić information content (AvgIpc) is 3.07. The standard InChI is InChI=1S/C12H24OS2.C7H6O2/c1-2-3-4-5-6-7-8-12-14-10-11(9-13)15-12;8-7(9)6-4-2-1-3-5-6/h11-13H,2-10H2,1H3;1-5H,(H,8,9)/t11-,12+;/m0./s1. The molecule has 1 aliphatic heterocycles. The predicted octanol–water partition coefficient (Wildman–Crippen LogP) is 5.29. The molecule has 2 N–H and O–H groups in total. The first-order valence-electron chi connectivity index (χ1n) is 8.83. The molecular formula is C19H30O3S2. The molecule has 0 saturated carbocycles. The van der Waals surface area contributed by atoms with Gasteiger partial charge in [-0.05, 0) is 18.6 Å². The van der Waals surface area contributed by atoms with Crippen LogP contribution in [0.15, 0.2) is 30.3 Å². The molecule has 1 aromatic carbocycles. The Hall–Kier alpha value is -0.650. The summed E-state index contributed by atoms with van der Waals surface area (Å²) in [5.41, 5.74) is 0.331. The third-order valence-corrected chi connectivity index (χ3v) is 7.22. The van der Waals surface area contributed by atoms with Gasteiger partial charge in [-0.2, -0.15) is 0 Å². The van der Waals surface area contributed by atoms with Crippen LogP contribution in [0.25, 0.3) is 0 Å². The van der Waals surface area contributed by atoms with E-state index in [0.29, 0.717) is 17.4 Å². The number of aliphatic hydroxyl groups is 1. The molecule has 24 heavy (non-hydrogen) atoms. The van der Waals surface area contributed by atoms with Crippen LogP contribution in [0, 0.1) is 0 Å². The van der Waals surface area contributed by atoms with Crippen molar-refractivity contribution in [1.82, 2.24) is 0 Å². The molecule has 1 saturated heterocycles. The van der Waals surface area contributed by atoms with E-state index in [9.17, 15) is 4.79 Å². The number of hydrogen-bond donors (Lipinski definition) is 2. The van der Waals surface area contributed by atoms with Gasteiger partial charge in [-0.3, -0.25) is 0 Å². The quantitative estimate of drug-likeness (QED) is 0.579. The molecule has 2 rings (SSSR count). The lowest BCUT2D eigenvalue weighted by atomic mass is 10.1. The van der Waals surface area contributed by atoms with Crippen LogP contribution < -0.4 is 0 Å². The third kappa shape index (κ3) is 9.60. The fourth-order valence-corrected chi connectivity index (χ4v) is 5.68. The Balaban J connectivity index is 0.000000272. The lowest BCUT2D eigenvalue weighted by Gasteiger charge is -2.08. The van der Waals surface area contributed by atoms with E-state index in [0.717, 1.165) is 10.3 Å². The molecule has 0 amide bonds. The van der Waals surface area contributed by atoms with E-state index in [2.05, 4.69) is 6.92 Å². The minimum atomic E-state index is -0.879. The van der Waals surface area contributed by atoms with Crippen molar-refractivity contribution in [3.05, 3.63) is 35.9 Å². The molecule has 2 atom stereocenters. The van der Waals surface area contributed by atoms with Gasteiger partial charge in [0.05, 0.1) is 16.8 Å². The monoisotopic (exact) mass is 370 g/mol. The van der Waals surface area contributed by atoms with Gasteiger partial charge in [0.2, 0.25) is 0 Å². The molecule has 136 valence electrons. The Morgan fingerprint density at radius 3 is 2.33 bits per heavy atom. The third-order valence-electron chi connectivity index (χ3n) is 3.83. The molecule has 0 aliphatic carbocycles. The van der Waals surface area contributed by atoms with Crippen molar-refractivity contribution in [2.75, 3.05) is 12.4 Å². The second-order valence-corrected chi connectivity index (χ2v) is 8.97. The van der Waals surface area contributed by atoms with Gasteiger partial charge in [0.25, 0.3) is 0 Å². The molecule has 0 unspecified atom stereocenters. The largest absolute Gasteiger partial charge is 0.478 e. The topological polar surface area (TPSA) is 57.5 Å². The number of thioether (sulfide) groups is 2. The van der Waals surface area contributed by atoms with Gasteiger partial charge in [-0.25, -0.2) is 4.79 Å². The molecule has 0 spiro atoms. The highest BCUT2D eigenvalue weighted by atomic mass is 32.2. The average molecular weight is 371 g/mol. The highest BCUT2D eigenvalue weighted by Crippen LogP contribution is 2.40. The van der Waals surface area contributed by atoms with E-state index >= 15 is 0 Å². The highest BCUT2D eigenvalue weighted by molar-refractivity contribution is 8.20. The number of carboxylic acids is 1. The van der Waals surface area contributed by atoms with Crippen LogP contribution in [0.5, 0.6) is 0 Å². The second-order valence-electron chi connectivity index (χ2n) is 5.93. The van der Waals surface area contributed by atoms with Crippen LogP contribution in [0.3, 0.4) is 0 Å². The first kappa shape index (κ1) is 21.4. The summed E-state index contributed by atoms with van der Waals surface area (Å²) in [4.78, 5) is 10.2. The normalized spacial score (nSPS) is 19.6. The van der Waals surface area contributed by atoms with E-state index in [1.54, 1.807) is 30.3 Å². The molecule has 0 bridgehead atoms. The number of carboxylic acid groups (broad SMARTS) is 1. The highest BCUT2D eigenvalue weighted by Gasteiger charge is 2.24. The van der Waals surface area contributed by atoms with Gasteiger partial charge in [0, 0.05) is 11.0 Å². The molecule has 3 nitrogen and oxygen atoms in total. The maximum Gasteiger partial charge on any atom is 0.335 e. The van der Waals surface area contributed by atoms with E-state index < -0.39 is 5.97 Å². The minimum Gasteiger partial charge on any atom is -0.478 e. The lowest BCUT2D eigenvalue weighted by Crippen LogP contribution is -2.06. The number of aliphatic hydroxyl groups excluding tert-OH is 1. The summed E-state index contributed by atoms with van der Waals surface area (Å²) >= 11 is 4.04. The molecule has 0 radical (unpaired) electrons. The Morgan fingerprint density at radius 1 is 1.12 bits per heavy atom. The van der Waals surface area contributed by atoms with Crippen molar-refractivity contribution in [3.8, 4) is 0 Å². The van der Waals surface area contributed by atoms with E-state index in [-0.39, 0.29) is 0 Å². The fourth-order valence-electron chi connectivity index (χ4n) is 2.43. The van der Waals surface area contributed by atoms with Gasteiger partial charge in [-0.15, -0.1) is 23.5 Å². The number of unbranched alkanes of at least 4 members (excludes halogenated alkanes) is 5. The minimum absolute atomic E-state index is 0.331. The number of hydrogen-bond acceptors (Lipinski definition) is 4. The van der Waals surface area contributed by atoms with Crippen molar-refractivity contribution in [2.24, 2.45) is 0 Å². The summed E-state index contributed by atoms with van der Waals surface area (Å²) in [6.07, 6.45) is 9.71. The SMILES string of the molecule is CCCCCCCC[C@@H]1SC[C@H](CO)S1.O=C(O)c1ccccc1. The van der Waals surface area contributed by atoms with Crippen molar-refractivity contribution in [2.45, 2.75) is 61.7 Å². The molecule has 1 heterocycles. The number of carbonyl (C=O) groups is 1.